The van der Waals surface area contributed by atoms with E-state index in [-0.39, 0.29) is 12.5 Å². The third-order valence-corrected chi connectivity index (χ3v) is 5.17. The van der Waals surface area contributed by atoms with Crippen molar-refractivity contribution >= 4 is 23.0 Å². The summed E-state index contributed by atoms with van der Waals surface area (Å²) >= 11 is 0. The highest BCUT2D eigenvalue weighted by Crippen LogP contribution is 2.23. The number of nitrogens with one attached hydrogen (secondary N) is 1. The SMILES string of the molecule is Cc1ccccc1-n1c(C)cc(/C=N/NC(=O)COc2cccc3cccnc23)c1C. The zero-order valence-electron chi connectivity index (χ0n) is 17.8. The molecule has 156 valence electrons. The van der Waals surface area contributed by atoms with Gasteiger partial charge in [-0.3, -0.25) is 9.78 Å². The molecule has 0 spiro atoms. The molecule has 1 N–H and O–H groups in total. The molecule has 6 heteroatoms. The van der Waals surface area contributed by atoms with Gasteiger partial charge in [-0.05, 0) is 50.6 Å². The van der Waals surface area contributed by atoms with Gasteiger partial charge in [0.25, 0.3) is 5.91 Å². The number of hydrogen-bond donors (Lipinski definition) is 1. The minimum Gasteiger partial charge on any atom is -0.481 e. The molecular formula is C25H24N4O2. The van der Waals surface area contributed by atoms with E-state index in [1.54, 1.807) is 18.5 Å². The number of ether oxygens (including phenoxy) is 1. The summed E-state index contributed by atoms with van der Waals surface area (Å²) in [6.07, 6.45) is 3.36. The molecule has 2 aromatic carbocycles. The van der Waals surface area contributed by atoms with Crippen molar-refractivity contribution < 1.29 is 9.53 Å². The molecule has 0 radical (unpaired) electrons. The lowest BCUT2D eigenvalue weighted by Crippen LogP contribution is -2.24. The molecule has 0 bridgehead atoms. The van der Waals surface area contributed by atoms with E-state index in [4.69, 9.17) is 4.74 Å². The standard InChI is InChI=1S/C25H24N4O2/c1-17-8-4-5-11-22(17)29-18(2)14-21(19(29)3)15-27-28-24(30)16-31-23-12-6-9-20-10-7-13-26-25(20)23/h4-15H,16H2,1-3H3,(H,28,30)/b27-15+. The van der Waals surface area contributed by atoms with E-state index in [1.165, 1.54) is 5.56 Å². The average Bonchev–Trinajstić information content (AvgIpc) is 3.05. The summed E-state index contributed by atoms with van der Waals surface area (Å²) < 4.78 is 7.84. The van der Waals surface area contributed by atoms with Crippen molar-refractivity contribution in [3.05, 3.63) is 89.4 Å². The molecule has 4 rings (SSSR count). The first-order valence-electron chi connectivity index (χ1n) is 10.1. The maximum Gasteiger partial charge on any atom is 0.277 e. The highest BCUT2D eigenvalue weighted by atomic mass is 16.5. The number of para-hydroxylation sites is 2. The number of fused-ring (bicyclic) bond motifs is 1. The lowest BCUT2D eigenvalue weighted by molar-refractivity contribution is -0.123. The molecule has 0 aliphatic carbocycles. The Morgan fingerprint density at radius 3 is 2.74 bits per heavy atom. The summed E-state index contributed by atoms with van der Waals surface area (Å²) in [5, 5.41) is 5.07. The van der Waals surface area contributed by atoms with Gasteiger partial charge in [0.15, 0.2) is 6.61 Å². The first-order valence-corrected chi connectivity index (χ1v) is 10.1. The third-order valence-electron chi connectivity index (χ3n) is 5.17. The maximum absolute atomic E-state index is 12.2. The van der Waals surface area contributed by atoms with Gasteiger partial charge in [-0.2, -0.15) is 5.10 Å². The van der Waals surface area contributed by atoms with Crippen molar-refractivity contribution in [2.75, 3.05) is 6.61 Å². The minimum atomic E-state index is -0.336. The number of amides is 1. The van der Waals surface area contributed by atoms with E-state index in [9.17, 15) is 4.79 Å². The Morgan fingerprint density at radius 1 is 1.10 bits per heavy atom. The van der Waals surface area contributed by atoms with Crippen LogP contribution in [0, 0.1) is 20.8 Å². The number of nitrogens with zero attached hydrogens (tertiary/aromatic N) is 3. The van der Waals surface area contributed by atoms with Gasteiger partial charge in [-0.1, -0.05) is 36.4 Å². The molecule has 0 fully saturated rings. The van der Waals surface area contributed by atoms with Gasteiger partial charge in [-0.25, -0.2) is 5.43 Å². The molecule has 0 atom stereocenters. The lowest BCUT2D eigenvalue weighted by Gasteiger charge is -2.12. The molecular weight excluding hydrogens is 388 g/mol. The summed E-state index contributed by atoms with van der Waals surface area (Å²) in [5.74, 6) is 0.232. The van der Waals surface area contributed by atoms with Gasteiger partial charge in [0.05, 0.1) is 6.21 Å². The van der Waals surface area contributed by atoms with E-state index >= 15 is 0 Å². The number of hydrazone groups is 1. The normalized spacial score (nSPS) is 11.2. The molecule has 0 unspecified atom stereocenters. The highest BCUT2D eigenvalue weighted by molar-refractivity contribution is 5.86. The number of hydrogen-bond acceptors (Lipinski definition) is 4. The Hall–Kier alpha value is -3.93. The first-order chi connectivity index (χ1) is 15.0. The van der Waals surface area contributed by atoms with E-state index < -0.39 is 0 Å². The molecule has 6 nitrogen and oxygen atoms in total. The van der Waals surface area contributed by atoms with Crippen LogP contribution in [-0.2, 0) is 4.79 Å². The van der Waals surface area contributed by atoms with Gasteiger partial charge in [-0.15, -0.1) is 0 Å². The summed E-state index contributed by atoms with van der Waals surface area (Å²) in [4.78, 5) is 16.5. The van der Waals surface area contributed by atoms with Crippen LogP contribution in [0.25, 0.3) is 16.6 Å². The van der Waals surface area contributed by atoms with Crippen LogP contribution in [0.2, 0.25) is 0 Å². The Balaban J connectivity index is 1.41. The van der Waals surface area contributed by atoms with Crippen LogP contribution in [0.15, 0.2) is 72.0 Å². The molecule has 31 heavy (non-hydrogen) atoms. The average molecular weight is 412 g/mol. The fraction of sp³-hybridized carbons (Fsp3) is 0.160. The smallest absolute Gasteiger partial charge is 0.277 e. The largest absolute Gasteiger partial charge is 0.481 e. The van der Waals surface area contributed by atoms with Crippen LogP contribution in [0.3, 0.4) is 0 Å². The van der Waals surface area contributed by atoms with Crippen LogP contribution in [-0.4, -0.2) is 28.3 Å². The van der Waals surface area contributed by atoms with Crippen LogP contribution in [0.4, 0.5) is 0 Å². The predicted molar refractivity (Wildman–Crippen MR) is 123 cm³/mol. The zero-order chi connectivity index (χ0) is 21.8. The van der Waals surface area contributed by atoms with Crippen LogP contribution in [0.1, 0.15) is 22.5 Å². The van der Waals surface area contributed by atoms with Gasteiger partial charge >= 0.3 is 0 Å². The molecule has 2 aromatic heterocycles. The van der Waals surface area contributed by atoms with Crippen molar-refractivity contribution in [3.63, 3.8) is 0 Å². The van der Waals surface area contributed by atoms with Crippen molar-refractivity contribution in [1.29, 1.82) is 0 Å². The summed E-state index contributed by atoms with van der Waals surface area (Å²) in [6.45, 7) is 6.05. The highest BCUT2D eigenvalue weighted by Gasteiger charge is 2.11. The number of aromatic nitrogens is 2. The minimum absolute atomic E-state index is 0.144. The molecule has 0 saturated carbocycles. The number of aryl methyl sites for hydroxylation is 2. The lowest BCUT2D eigenvalue weighted by atomic mass is 10.2. The van der Waals surface area contributed by atoms with E-state index in [0.717, 1.165) is 33.5 Å². The fourth-order valence-corrected chi connectivity index (χ4v) is 3.65. The third kappa shape index (κ3) is 4.33. The molecule has 0 aliphatic heterocycles. The summed E-state index contributed by atoms with van der Waals surface area (Å²) in [5.41, 5.74) is 8.70. The number of rotatable bonds is 6. The van der Waals surface area contributed by atoms with Gasteiger partial charge in [0.2, 0.25) is 0 Å². The predicted octanol–water partition coefficient (Wildman–Crippen LogP) is 4.48. The Bertz CT molecular complexity index is 1270. The zero-order valence-corrected chi connectivity index (χ0v) is 17.8. The van der Waals surface area contributed by atoms with Crippen molar-refractivity contribution in [2.45, 2.75) is 20.8 Å². The van der Waals surface area contributed by atoms with Crippen LogP contribution < -0.4 is 10.2 Å². The van der Waals surface area contributed by atoms with Gasteiger partial charge < -0.3 is 9.30 Å². The second-order valence-corrected chi connectivity index (χ2v) is 7.36. The van der Waals surface area contributed by atoms with Gasteiger partial charge in [0.1, 0.15) is 11.3 Å². The van der Waals surface area contributed by atoms with E-state index in [1.807, 2.05) is 43.3 Å². The first kappa shape index (κ1) is 20.3. The molecule has 0 saturated heterocycles. The van der Waals surface area contributed by atoms with Crippen LogP contribution >= 0.6 is 0 Å². The van der Waals surface area contributed by atoms with Crippen molar-refractivity contribution in [1.82, 2.24) is 15.0 Å². The number of carbonyl (C=O) groups is 1. The van der Waals surface area contributed by atoms with Gasteiger partial charge in [0, 0.05) is 34.2 Å². The number of pyridine rings is 1. The quantitative estimate of drug-likeness (QED) is 0.375. The monoisotopic (exact) mass is 412 g/mol. The number of carbonyl (C=O) groups excluding carboxylic acids is 1. The van der Waals surface area contributed by atoms with Crippen molar-refractivity contribution in [3.8, 4) is 11.4 Å². The molecule has 4 aromatic rings. The maximum atomic E-state index is 12.2. The summed E-state index contributed by atoms with van der Waals surface area (Å²) in [6, 6.07) is 19.7. The Labute approximate surface area is 181 Å². The Kier molecular flexibility index (Phi) is 5.80. The van der Waals surface area contributed by atoms with E-state index in [0.29, 0.717) is 5.75 Å². The van der Waals surface area contributed by atoms with Crippen molar-refractivity contribution in [2.24, 2.45) is 5.10 Å². The topological polar surface area (TPSA) is 68.5 Å². The van der Waals surface area contributed by atoms with E-state index in [2.05, 4.69) is 52.1 Å². The Morgan fingerprint density at radius 2 is 1.90 bits per heavy atom. The second-order valence-electron chi connectivity index (χ2n) is 7.36. The number of benzene rings is 2. The molecule has 0 aliphatic rings. The second kappa shape index (κ2) is 8.83. The van der Waals surface area contributed by atoms with Crippen LogP contribution in [0.5, 0.6) is 5.75 Å². The fourth-order valence-electron chi connectivity index (χ4n) is 3.65. The summed E-state index contributed by atoms with van der Waals surface area (Å²) in [7, 11) is 0. The molecule has 1 amide bonds. The molecule has 2 heterocycles.